The molecule has 4 rings (SSSR count). The first-order valence-corrected chi connectivity index (χ1v) is 25.9. The fraction of sp³-hybridized carbons (Fsp3) is 0.544. The van der Waals surface area contributed by atoms with E-state index in [1.807, 2.05) is 48.5 Å². The molecule has 0 atom stereocenters. The summed E-state index contributed by atoms with van der Waals surface area (Å²) in [5.74, 6) is 2.28. The quantitative estimate of drug-likeness (QED) is 0.0191. The zero-order valence-corrected chi connectivity index (χ0v) is 41.0. The molecule has 0 saturated carbocycles. The Balaban J connectivity index is 0.943. The zero-order chi connectivity index (χ0) is 47.3. The average molecular weight is 917 g/mol. The maximum Gasteiger partial charge on any atom is 0.311 e. The molecular weight excluding hydrogens is 837 g/mol. The Morgan fingerprint density at radius 2 is 0.552 bits per heavy atom. The van der Waals surface area contributed by atoms with Gasteiger partial charge in [0.15, 0.2) is 0 Å². The number of benzene rings is 4. The largest absolute Gasteiger partial charge is 0.494 e. The molecule has 4 aromatic rings. The summed E-state index contributed by atoms with van der Waals surface area (Å²) in [6.45, 7) is 5.98. The second-order valence-corrected chi connectivity index (χ2v) is 17.7. The maximum atomic E-state index is 12.4. The van der Waals surface area contributed by atoms with Crippen LogP contribution in [0, 0.1) is 0 Å². The van der Waals surface area contributed by atoms with Crippen LogP contribution in [0.2, 0.25) is 0 Å². The Labute approximate surface area is 402 Å². The minimum Gasteiger partial charge on any atom is -0.494 e. The fourth-order valence-electron chi connectivity index (χ4n) is 7.60. The highest BCUT2D eigenvalue weighted by Crippen LogP contribution is 2.26. The molecule has 0 fully saturated rings. The first kappa shape index (κ1) is 54.2. The molecule has 0 aliphatic rings. The maximum absolute atomic E-state index is 12.4. The van der Waals surface area contributed by atoms with Gasteiger partial charge in [0, 0.05) is 12.8 Å². The van der Waals surface area contributed by atoms with Crippen LogP contribution in [0.4, 0.5) is 22.7 Å². The van der Waals surface area contributed by atoms with Crippen molar-refractivity contribution in [2.45, 2.75) is 187 Å². The van der Waals surface area contributed by atoms with E-state index in [1.54, 1.807) is 48.5 Å². The number of carbonyl (C=O) groups excluding carboxylic acids is 2. The zero-order valence-electron chi connectivity index (χ0n) is 41.0. The van der Waals surface area contributed by atoms with Gasteiger partial charge in [-0.1, -0.05) is 149 Å². The number of hydrogen-bond acceptors (Lipinski definition) is 10. The van der Waals surface area contributed by atoms with Crippen molar-refractivity contribution in [2.75, 3.05) is 13.2 Å². The molecule has 0 unspecified atom stereocenters. The predicted octanol–water partition coefficient (Wildman–Crippen LogP) is 18.4. The van der Waals surface area contributed by atoms with Gasteiger partial charge in [0.1, 0.15) is 23.0 Å². The lowest BCUT2D eigenvalue weighted by Gasteiger charge is -2.06. The van der Waals surface area contributed by atoms with Crippen LogP contribution in [0.5, 0.6) is 23.0 Å². The van der Waals surface area contributed by atoms with E-state index in [4.69, 9.17) is 18.9 Å². The van der Waals surface area contributed by atoms with Crippen molar-refractivity contribution in [3.05, 3.63) is 97.1 Å². The first-order chi connectivity index (χ1) is 33.0. The summed E-state index contributed by atoms with van der Waals surface area (Å²) in [5.41, 5.74) is 2.86. The highest BCUT2D eigenvalue weighted by Gasteiger charge is 2.07. The van der Waals surface area contributed by atoms with Crippen molar-refractivity contribution < 1.29 is 28.5 Å². The van der Waals surface area contributed by atoms with Gasteiger partial charge in [-0.05, 0) is 123 Å². The Morgan fingerprint density at radius 1 is 0.313 bits per heavy atom. The molecule has 0 radical (unpaired) electrons. The third kappa shape index (κ3) is 26.5. The number of azo groups is 2. The van der Waals surface area contributed by atoms with Crippen LogP contribution in [-0.2, 0) is 9.59 Å². The highest BCUT2D eigenvalue weighted by molar-refractivity contribution is 5.73. The number of nitrogens with zero attached hydrogens (tertiary/aromatic N) is 4. The molecule has 0 aliphatic heterocycles. The Kier molecular flexibility index (Phi) is 28.9. The number of esters is 2. The normalized spacial score (nSPS) is 11.4. The van der Waals surface area contributed by atoms with Crippen molar-refractivity contribution in [2.24, 2.45) is 20.5 Å². The van der Waals surface area contributed by atoms with E-state index >= 15 is 0 Å². The molecule has 10 heteroatoms. The van der Waals surface area contributed by atoms with E-state index in [0.717, 1.165) is 107 Å². The summed E-state index contributed by atoms with van der Waals surface area (Å²) in [6, 6.07) is 29.5. The SMILES string of the molecule is CCCCCCCCCCOc1ccc(/N=N/c2ccc(OC(=O)CCCCCCCCCCCC(=O)Oc3ccc(/N=N/c4ccc(OCCCCCCCCCC)cc4)cc3)cc2)cc1. The second-order valence-electron chi connectivity index (χ2n) is 17.7. The molecule has 0 amide bonds. The standard InChI is InChI=1S/C57H80N4O6/c1-3-5-7-9-11-18-22-26-46-64-52-38-30-48(31-39-52)58-60-50-34-42-54(43-35-50)66-56(62)28-24-20-16-14-13-15-17-21-25-29-57(63)67-55-44-36-51(37-45-55)61-59-49-32-40-53(41-33-49)65-47-27-23-19-12-10-8-6-4-2/h30-45H,3-29,46-47H2,1-2H3/b60-58+,61-59+. The van der Waals surface area contributed by atoms with Crippen molar-refractivity contribution in [3.8, 4) is 23.0 Å². The number of unbranched alkanes of at least 4 members (excludes halogenated alkanes) is 22. The molecule has 0 bridgehead atoms. The van der Waals surface area contributed by atoms with E-state index in [9.17, 15) is 9.59 Å². The minimum atomic E-state index is -0.219. The average Bonchev–Trinajstić information content (AvgIpc) is 3.35. The van der Waals surface area contributed by atoms with E-state index < -0.39 is 0 Å². The van der Waals surface area contributed by atoms with Gasteiger partial charge in [0.05, 0.1) is 36.0 Å². The van der Waals surface area contributed by atoms with Crippen molar-refractivity contribution in [1.82, 2.24) is 0 Å². The van der Waals surface area contributed by atoms with Crippen LogP contribution in [0.15, 0.2) is 118 Å². The van der Waals surface area contributed by atoms with Crippen LogP contribution < -0.4 is 18.9 Å². The number of hydrogen-bond donors (Lipinski definition) is 0. The van der Waals surface area contributed by atoms with Crippen LogP contribution in [0.3, 0.4) is 0 Å². The third-order valence-electron chi connectivity index (χ3n) is 11.7. The van der Waals surface area contributed by atoms with E-state index in [1.165, 1.54) is 89.9 Å². The van der Waals surface area contributed by atoms with Crippen LogP contribution in [0.1, 0.15) is 187 Å². The van der Waals surface area contributed by atoms with Gasteiger partial charge in [-0.3, -0.25) is 9.59 Å². The molecule has 0 aromatic heterocycles. The predicted molar refractivity (Wildman–Crippen MR) is 272 cm³/mol. The lowest BCUT2D eigenvalue weighted by atomic mass is 10.1. The topological polar surface area (TPSA) is 121 Å². The first-order valence-electron chi connectivity index (χ1n) is 25.9. The van der Waals surface area contributed by atoms with Gasteiger partial charge in [-0.2, -0.15) is 20.5 Å². The molecule has 0 aliphatic carbocycles. The molecular formula is C57H80N4O6. The summed E-state index contributed by atoms with van der Waals surface area (Å²) < 4.78 is 22.8. The van der Waals surface area contributed by atoms with E-state index in [2.05, 4.69) is 34.3 Å². The smallest absolute Gasteiger partial charge is 0.311 e. The van der Waals surface area contributed by atoms with Gasteiger partial charge in [0.25, 0.3) is 0 Å². The summed E-state index contributed by atoms with van der Waals surface area (Å²) in [4.78, 5) is 24.8. The minimum absolute atomic E-state index is 0.219. The molecule has 0 saturated heterocycles. The van der Waals surface area contributed by atoms with Gasteiger partial charge in [-0.15, -0.1) is 0 Å². The van der Waals surface area contributed by atoms with Gasteiger partial charge in [0.2, 0.25) is 0 Å². The van der Waals surface area contributed by atoms with Crippen molar-refractivity contribution in [3.63, 3.8) is 0 Å². The summed E-state index contributed by atoms with van der Waals surface area (Å²) in [7, 11) is 0. The molecule has 0 N–H and O–H groups in total. The Hall–Kier alpha value is -5.38. The van der Waals surface area contributed by atoms with Gasteiger partial charge in [-0.25, -0.2) is 0 Å². The van der Waals surface area contributed by atoms with E-state index in [-0.39, 0.29) is 11.9 Å². The van der Waals surface area contributed by atoms with Crippen LogP contribution in [-0.4, -0.2) is 25.2 Å². The summed E-state index contributed by atoms with van der Waals surface area (Å²) in [5, 5.41) is 17.3. The molecule has 67 heavy (non-hydrogen) atoms. The second kappa shape index (κ2) is 35.8. The summed E-state index contributed by atoms with van der Waals surface area (Å²) >= 11 is 0. The van der Waals surface area contributed by atoms with Crippen LogP contribution >= 0.6 is 0 Å². The lowest BCUT2D eigenvalue weighted by Crippen LogP contribution is -2.07. The molecule has 364 valence electrons. The molecule has 0 heterocycles. The number of rotatable bonds is 38. The number of carbonyl (C=O) groups is 2. The Bertz CT molecular complexity index is 1790. The Morgan fingerprint density at radius 3 is 0.836 bits per heavy atom. The molecule has 0 spiro atoms. The van der Waals surface area contributed by atoms with E-state index in [0.29, 0.717) is 35.7 Å². The monoisotopic (exact) mass is 917 g/mol. The van der Waals surface area contributed by atoms with Gasteiger partial charge < -0.3 is 18.9 Å². The summed E-state index contributed by atoms with van der Waals surface area (Å²) in [6.07, 6.45) is 30.6. The van der Waals surface area contributed by atoms with Gasteiger partial charge >= 0.3 is 11.9 Å². The van der Waals surface area contributed by atoms with Crippen molar-refractivity contribution >= 4 is 34.7 Å². The van der Waals surface area contributed by atoms with Crippen molar-refractivity contribution in [1.29, 1.82) is 0 Å². The lowest BCUT2D eigenvalue weighted by molar-refractivity contribution is -0.135. The fourth-order valence-corrected chi connectivity index (χ4v) is 7.60. The molecule has 4 aromatic carbocycles. The highest BCUT2D eigenvalue weighted by atomic mass is 16.5. The number of ether oxygens (including phenoxy) is 4. The van der Waals surface area contributed by atoms with Crippen LogP contribution in [0.25, 0.3) is 0 Å². The third-order valence-corrected chi connectivity index (χ3v) is 11.7. The molecule has 10 nitrogen and oxygen atoms in total.